The van der Waals surface area contributed by atoms with Gasteiger partial charge in [0.15, 0.2) is 0 Å². The Morgan fingerprint density at radius 1 is 1.07 bits per heavy atom. The number of nitrogens with zero attached hydrogens (tertiary/aromatic N) is 5. The highest BCUT2D eigenvalue weighted by atomic mass is 35.5. The molecule has 2 aliphatic carbocycles. The molecule has 5 heterocycles. The van der Waals surface area contributed by atoms with Crippen LogP contribution in [0.1, 0.15) is 67.3 Å². The van der Waals surface area contributed by atoms with E-state index in [4.69, 9.17) is 21.1 Å². The number of hydrogen-bond donors (Lipinski definition) is 2. The lowest BCUT2D eigenvalue weighted by atomic mass is 9.59. The zero-order valence-corrected chi connectivity index (χ0v) is 35.1. The van der Waals surface area contributed by atoms with E-state index in [0.29, 0.717) is 36.6 Å². The Bertz CT molecular complexity index is 2550. The number of allylic oxidation sites excluding steroid dienone is 1. The third-order valence-corrected chi connectivity index (χ3v) is 14.7. The fourth-order valence-electron chi connectivity index (χ4n) is 9.33. The first-order valence-electron chi connectivity index (χ1n) is 20.8. The number of H-pyrrole nitrogens is 1. The Morgan fingerprint density at radius 3 is 2.58 bits per heavy atom. The number of nitro groups is 1. The molecule has 13 nitrogen and oxygen atoms in total. The zero-order valence-electron chi connectivity index (χ0n) is 33.6. The summed E-state index contributed by atoms with van der Waals surface area (Å²) in [6, 6.07) is 18.7. The second-order valence-corrected chi connectivity index (χ2v) is 19.3. The van der Waals surface area contributed by atoms with Crippen LogP contribution in [0.25, 0.3) is 16.6 Å². The molecule has 0 radical (unpaired) electrons. The first-order valence-corrected chi connectivity index (χ1v) is 22.9. The Balaban J connectivity index is 0.937. The summed E-state index contributed by atoms with van der Waals surface area (Å²) < 4.78 is 30.1. The number of ether oxygens (including phenoxy) is 2. The van der Waals surface area contributed by atoms with E-state index in [2.05, 4.69) is 42.5 Å². The molecular weight excluding hydrogens is 802 g/mol. The maximum Gasteiger partial charge on any atom is 0.324 e. The summed E-state index contributed by atoms with van der Waals surface area (Å²) in [6.07, 6.45) is 13.9. The van der Waals surface area contributed by atoms with Crippen LogP contribution >= 0.6 is 11.6 Å². The fraction of sp³-hybridized carbons (Fsp3) is 0.400. The van der Waals surface area contributed by atoms with E-state index in [9.17, 15) is 19.1 Å². The highest BCUT2D eigenvalue weighted by Gasteiger charge is 2.41. The third-order valence-electron chi connectivity index (χ3n) is 13.0. The number of anilines is 1. The number of aromatic nitrogens is 3. The minimum atomic E-state index is -3.52. The predicted octanol–water partition coefficient (Wildman–Crippen LogP) is 8.50. The van der Waals surface area contributed by atoms with Gasteiger partial charge in [0.05, 0.1) is 39.0 Å². The second-order valence-electron chi connectivity index (χ2n) is 16.9. The lowest BCUT2D eigenvalue weighted by Gasteiger charge is -2.47. The molecule has 1 amide bonds. The molecule has 1 spiro atoms. The Morgan fingerprint density at radius 2 is 1.85 bits per heavy atom. The van der Waals surface area contributed by atoms with E-state index in [1.807, 2.05) is 36.4 Å². The van der Waals surface area contributed by atoms with E-state index >= 15 is 0 Å². The van der Waals surface area contributed by atoms with Gasteiger partial charge in [-0.3, -0.25) is 14.4 Å². The van der Waals surface area contributed by atoms with Gasteiger partial charge in [0, 0.05) is 80.2 Å². The van der Waals surface area contributed by atoms with E-state index < -0.39 is 20.5 Å². The van der Waals surface area contributed by atoms with E-state index in [0.717, 1.165) is 74.5 Å². The summed E-state index contributed by atoms with van der Waals surface area (Å²) >= 11 is 6.28. The monoisotopic (exact) mass is 851 g/mol. The molecule has 5 aromatic rings. The molecule has 1 saturated carbocycles. The summed E-state index contributed by atoms with van der Waals surface area (Å²) in [7, 11) is -3.52. The smallest absolute Gasteiger partial charge is 0.324 e. The summed E-state index contributed by atoms with van der Waals surface area (Å²) in [5, 5.41) is 13.6. The van der Waals surface area contributed by atoms with Gasteiger partial charge in [-0.05, 0) is 109 Å². The zero-order chi connectivity index (χ0) is 41.4. The molecule has 9 rings (SSSR count). The number of hydrogen-bond acceptors (Lipinski definition) is 9. The average Bonchev–Trinajstić information content (AvgIpc) is 3.89. The number of carbonyl (C=O) groups is 1. The molecule has 3 fully saturated rings. The Hall–Kier alpha value is -5.15. The van der Waals surface area contributed by atoms with Gasteiger partial charge in [-0.2, -0.15) is 0 Å². The van der Waals surface area contributed by atoms with Crippen LogP contribution in [0.15, 0.2) is 89.7 Å². The molecule has 60 heavy (non-hydrogen) atoms. The normalized spacial score (nSPS) is 19.6. The van der Waals surface area contributed by atoms with Crippen LogP contribution in [0, 0.1) is 21.4 Å². The van der Waals surface area contributed by atoms with Crippen LogP contribution < -0.4 is 14.4 Å². The number of nitrogens with one attached hydrogen (secondary N) is 2. The molecule has 2 N–H and O–H groups in total. The summed E-state index contributed by atoms with van der Waals surface area (Å²) in [4.78, 5) is 38.1. The number of halogens is 1. The van der Waals surface area contributed by atoms with Gasteiger partial charge >= 0.3 is 5.82 Å². The van der Waals surface area contributed by atoms with E-state index in [-0.39, 0.29) is 27.9 Å². The maximum absolute atomic E-state index is 14.1. The number of rotatable bonds is 12. The van der Waals surface area contributed by atoms with Crippen LogP contribution in [-0.4, -0.2) is 86.3 Å². The van der Waals surface area contributed by atoms with Crippen molar-refractivity contribution in [2.24, 2.45) is 11.3 Å². The van der Waals surface area contributed by atoms with Crippen molar-refractivity contribution in [3.8, 4) is 11.5 Å². The van der Waals surface area contributed by atoms with Crippen molar-refractivity contribution in [3.63, 3.8) is 0 Å². The molecular formula is C45H50ClN7O6S. The SMILES string of the molecule is C=S(=O)(NC(=O)c1ccc(N2CCN(CC3=C(c4ccc(Cl)cc4)CC4(CCC4)CC3)CC2)cc1Oc1cnc2[nH]ccc2c1)c1cc([N+](=O)[O-])n(CC2CCOCC2)c1. The van der Waals surface area contributed by atoms with Gasteiger partial charge in [0.25, 0.3) is 5.91 Å². The number of benzene rings is 2. The average molecular weight is 852 g/mol. The molecule has 4 aliphatic rings. The Kier molecular flexibility index (Phi) is 11.2. The van der Waals surface area contributed by atoms with Crippen molar-refractivity contribution in [1.82, 2.24) is 24.2 Å². The quantitative estimate of drug-likeness (QED) is 0.0717. The number of piperazine rings is 1. The lowest BCUT2D eigenvalue weighted by molar-refractivity contribution is -0.392. The molecule has 15 heteroatoms. The third kappa shape index (κ3) is 8.56. The largest absolute Gasteiger partial charge is 0.455 e. The van der Waals surface area contributed by atoms with E-state index in [1.54, 1.807) is 18.5 Å². The van der Waals surface area contributed by atoms with Gasteiger partial charge < -0.3 is 29.5 Å². The van der Waals surface area contributed by atoms with Gasteiger partial charge in [-0.15, -0.1) is 0 Å². The summed E-state index contributed by atoms with van der Waals surface area (Å²) in [5.41, 5.74) is 6.52. The molecule has 3 aromatic heterocycles. The van der Waals surface area contributed by atoms with Crippen molar-refractivity contribution in [2.75, 3.05) is 50.8 Å². The van der Waals surface area contributed by atoms with Crippen molar-refractivity contribution in [3.05, 3.63) is 111 Å². The topological polar surface area (TPSA) is 148 Å². The van der Waals surface area contributed by atoms with Gasteiger partial charge in [0.2, 0.25) is 0 Å². The first-order chi connectivity index (χ1) is 29.0. The molecule has 2 saturated heterocycles. The number of aromatic amines is 1. The van der Waals surface area contributed by atoms with Crippen LogP contribution in [-0.2, 0) is 21.0 Å². The molecule has 2 aromatic carbocycles. The Labute approximate surface area is 355 Å². The molecule has 314 valence electrons. The number of carbonyl (C=O) groups excluding carboxylic acids is 1. The van der Waals surface area contributed by atoms with Crippen molar-refractivity contribution >= 4 is 61.2 Å². The molecule has 1 unspecified atom stereocenters. The number of fused-ring (bicyclic) bond motifs is 1. The van der Waals surface area contributed by atoms with Crippen molar-refractivity contribution in [1.29, 1.82) is 0 Å². The highest BCUT2D eigenvalue weighted by Crippen LogP contribution is 2.55. The number of pyridine rings is 1. The second kappa shape index (κ2) is 16.7. The highest BCUT2D eigenvalue weighted by molar-refractivity contribution is 7.99. The summed E-state index contributed by atoms with van der Waals surface area (Å²) in [6.45, 7) is 5.81. The van der Waals surface area contributed by atoms with Crippen molar-refractivity contribution < 1.29 is 23.4 Å². The van der Waals surface area contributed by atoms with Crippen LogP contribution in [0.3, 0.4) is 0 Å². The molecule has 2 aliphatic heterocycles. The van der Waals surface area contributed by atoms with Crippen molar-refractivity contribution in [2.45, 2.75) is 62.8 Å². The number of amides is 1. The van der Waals surface area contributed by atoms with Crippen LogP contribution in [0.5, 0.6) is 11.5 Å². The lowest BCUT2D eigenvalue weighted by Crippen LogP contribution is -2.47. The van der Waals surface area contributed by atoms with Gasteiger partial charge in [0.1, 0.15) is 23.3 Å². The maximum atomic E-state index is 14.1. The van der Waals surface area contributed by atoms with Crippen LogP contribution in [0.4, 0.5) is 11.5 Å². The standard InChI is InChI=1S/C45H50ClN7O6S/c1-60(57,38-25-42(53(55)56)52(30-38)28-31-11-21-58-22-12-31)49-44(54)39-8-7-36(24-41(39)59-37-23-33-10-16-47-43(33)48-27-37)51-19-17-50(18-20-51)29-34-9-15-45(13-2-14-45)26-40(34)32-3-5-35(46)6-4-32/h3-8,10,16,23-25,27,30-31H,1-2,9,11-15,17-22,26,28-29H2,(H,47,48)(H,49,54,57). The molecule has 1 atom stereocenters. The minimum absolute atomic E-state index is 0.0699. The molecule has 0 bridgehead atoms. The predicted molar refractivity (Wildman–Crippen MR) is 235 cm³/mol. The van der Waals surface area contributed by atoms with Gasteiger partial charge in [-0.1, -0.05) is 35.7 Å². The van der Waals surface area contributed by atoms with Crippen LogP contribution in [0.2, 0.25) is 5.02 Å². The first kappa shape index (κ1) is 40.3. The van der Waals surface area contributed by atoms with E-state index in [1.165, 1.54) is 59.2 Å². The minimum Gasteiger partial charge on any atom is -0.455 e. The van der Waals surface area contributed by atoms with Gasteiger partial charge in [-0.25, -0.2) is 13.8 Å². The fourth-order valence-corrected chi connectivity index (χ4v) is 10.6. The summed E-state index contributed by atoms with van der Waals surface area (Å²) in [5.74, 6) is 3.82.